The van der Waals surface area contributed by atoms with Crippen molar-refractivity contribution in [2.75, 3.05) is 5.73 Å². The fourth-order valence-corrected chi connectivity index (χ4v) is 2.08. The van der Waals surface area contributed by atoms with Crippen LogP contribution in [0.2, 0.25) is 0 Å². The Hall–Kier alpha value is -1.75. The molecular formula is C15H15BrFNO2. The number of halogens is 2. The Labute approximate surface area is 125 Å². The van der Waals surface area contributed by atoms with Gasteiger partial charge in [0.25, 0.3) is 0 Å². The van der Waals surface area contributed by atoms with E-state index in [4.69, 9.17) is 15.2 Å². The van der Waals surface area contributed by atoms with E-state index in [0.717, 1.165) is 0 Å². The third kappa shape index (κ3) is 3.42. The maximum absolute atomic E-state index is 13.0. The first kappa shape index (κ1) is 14.7. The van der Waals surface area contributed by atoms with Crippen LogP contribution in [0.1, 0.15) is 13.8 Å². The summed E-state index contributed by atoms with van der Waals surface area (Å²) < 4.78 is 24.9. The molecule has 2 aromatic carbocycles. The van der Waals surface area contributed by atoms with Crippen molar-refractivity contribution in [3.63, 3.8) is 0 Å². The molecule has 0 aromatic heterocycles. The number of anilines is 1. The highest BCUT2D eigenvalue weighted by molar-refractivity contribution is 9.10. The molecule has 0 bridgehead atoms. The number of nitrogen functional groups attached to an aromatic ring is 1. The summed E-state index contributed by atoms with van der Waals surface area (Å²) in [5.41, 5.74) is 6.43. The van der Waals surface area contributed by atoms with E-state index in [9.17, 15) is 4.39 Å². The van der Waals surface area contributed by atoms with Gasteiger partial charge in [-0.25, -0.2) is 4.39 Å². The molecule has 0 aliphatic carbocycles. The molecule has 0 amide bonds. The van der Waals surface area contributed by atoms with Crippen molar-refractivity contribution in [2.45, 2.75) is 20.0 Å². The molecular weight excluding hydrogens is 325 g/mol. The van der Waals surface area contributed by atoms with Crippen molar-refractivity contribution in [3.8, 4) is 17.2 Å². The monoisotopic (exact) mass is 339 g/mol. The maximum Gasteiger partial charge on any atom is 0.154 e. The number of ether oxygens (including phenoxy) is 2. The van der Waals surface area contributed by atoms with Crippen LogP contribution in [0, 0.1) is 5.82 Å². The van der Waals surface area contributed by atoms with Gasteiger partial charge < -0.3 is 15.2 Å². The third-order valence-corrected chi connectivity index (χ3v) is 3.12. The highest BCUT2D eigenvalue weighted by Gasteiger charge is 2.11. The normalized spacial score (nSPS) is 10.7. The average molecular weight is 340 g/mol. The minimum atomic E-state index is -0.339. The molecule has 2 rings (SSSR count). The summed E-state index contributed by atoms with van der Waals surface area (Å²) in [6, 6.07) is 9.50. The lowest BCUT2D eigenvalue weighted by molar-refractivity contribution is 0.243. The van der Waals surface area contributed by atoms with E-state index < -0.39 is 0 Å². The fourth-order valence-electron chi connectivity index (χ4n) is 1.65. The molecule has 0 aliphatic rings. The molecule has 0 radical (unpaired) electrons. The van der Waals surface area contributed by atoms with E-state index in [1.165, 1.54) is 18.2 Å². The molecule has 0 fully saturated rings. The quantitative estimate of drug-likeness (QED) is 0.817. The van der Waals surface area contributed by atoms with Crippen LogP contribution in [0.25, 0.3) is 0 Å². The predicted molar refractivity (Wildman–Crippen MR) is 80.8 cm³/mol. The van der Waals surface area contributed by atoms with Gasteiger partial charge in [-0.15, -0.1) is 0 Å². The Morgan fingerprint density at radius 3 is 2.45 bits per heavy atom. The van der Waals surface area contributed by atoms with Gasteiger partial charge in [-0.3, -0.25) is 0 Å². The molecule has 3 nitrogen and oxygen atoms in total. The maximum atomic E-state index is 13.0. The Morgan fingerprint density at radius 2 is 1.80 bits per heavy atom. The smallest absolute Gasteiger partial charge is 0.154 e. The Morgan fingerprint density at radius 1 is 1.10 bits per heavy atom. The van der Waals surface area contributed by atoms with Crippen molar-refractivity contribution in [2.24, 2.45) is 0 Å². The summed E-state index contributed by atoms with van der Waals surface area (Å²) in [5.74, 6) is 1.18. The van der Waals surface area contributed by atoms with Gasteiger partial charge in [0, 0.05) is 0 Å². The number of rotatable bonds is 4. The number of benzene rings is 2. The second-order valence-corrected chi connectivity index (χ2v) is 5.37. The van der Waals surface area contributed by atoms with Crippen LogP contribution in [-0.2, 0) is 0 Å². The topological polar surface area (TPSA) is 44.5 Å². The van der Waals surface area contributed by atoms with Gasteiger partial charge in [0.1, 0.15) is 23.0 Å². The van der Waals surface area contributed by atoms with E-state index in [-0.39, 0.29) is 11.9 Å². The molecule has 106 valence electrons. The van der Waals surface area contributed by atoms with Crippen LogP contribution in [0.15, 0.2) is 40.9 Å². The Kier molecular flexibility index (Phi) is 4.49. The minimum absolute atomic E-state index is 0.0186. The first-order valence-electron chi connectivity index (χ1n) is 6.15. The molecule has 0 aliphatic heterocycles. The summed E-state index contributed by atoms with van der Waals surface area (Å²) >= 11 is 3.25. The highest BCUT2D eigenvalue weighted by atomic mass is 79.9. The largest absolute Gasteiger partial charge is 0.489 e. The SMILES string of the molecule is CC(C)Oc1cccc(Oc2ccc(F)cc2Br)c1N. The number of hydrogen-bond acceptors (Lipinski definition) is 3. The first-order valence-corrected chi connectivity index (χ1v) is 6.94. The molecule has 20 heavy (non-hydrogen) atoms. The number of nitrogens with two attached hydrogens (primary N) is 1. The van der Waals surface area contributed by atoms with E-state index in [0.29, 0.717) is 27.4 Å². The van der Waals surface area contributed by atoms with Gasteiger partial charge in [0.2, 0.25) is 0 Å². The zero-order valence-electron chi connectivity index (χ0n) is 11.2. The minimum Gasteiger partial charge on any atom is -0.489 e. The summed E-state index contributed by atoms with van der Waals surface area (Å²) in [5, 5.41) is 0. The first-order chi connectivity index (χ1) is 9.47. The molecule has 0 atom stereocenters. The lowest BCUT2D eigenvalue weighted by Crippen LogP contribution is -2.07. The molecule has 2 aromatic rings. The molecule has 0 saturated carbocycles. The van der Waals surface area contributed by atoms with Gasteiger partial charge in [-0.05, 0) is 60.1 Å². The van der Waals surface area contributed by atoms with Crippen LogP contribution in [0.3, 0.4) is 0 Å². The molecule has 0 spiro atoms. The van der Waals surface area contributed by atoms with Gasteiger partial charge in [-0.2, -0.15) is 0 Å². The van der Waals surface area contributed by atoms with Crippen molar-refractivity contribution >= 4 is 21.6 Å². The lowest BCUT2D eigenvalue weighted by atomic mass is 10.2. The van der Waals surface area contributed by atoms with Crippen LogP contribution in [0.5, 0.6) is 17.2 Å². The number of para-hydroxylation sites is 1. The van der Waals surface area contributed by atoms with Crippen LogP contribution in [0.4, 0.5) is 10.1 Å². The molecule has 5 heteroatoms. The van der Waals surface area contributed by atoms with Crippen molar-refractivity contribution in [1.29, 1.82) is 0 Å². The third-order valence-electron chi connectivity index (χ3n) is 2.50. The van der Waals surface area contributed by atoms with Gasteiger partial charge >= 0.3 is 0 Å². The van der Waals surface area contributed by atoms with E-state index in [2.05, 4.69) is 15.9 Å². The van der Waals surface area contributed by atoms with Crippen LogP contribution >= 0.6 is 15.9 Å². The molecule has 0 heterocycles. The van der Waals surface area contributed by atoms with Crippen molar-refractivity contribution in [3.05, 3.63) is 46.7 Å². The van der Waals surface area contributed by atoms with Crippen molar-refractivity contribution in [1.82, 2.24) is 0 Å². The second kappa shape index (κ2) is 6.13. The summed E-state index contributed by atoms with van der Waals surface area (Å²) in [7, 11) is 0. The summed E-state index contributed by atoms with van der Waals surface area (Å²) in [4.78, 5) is 0. The van der Waals surface area contributed by atoms with E-state index in [1.807, 2.05) is 13.8 Å². The average Bonchev–Trinajstić information content (AvgIpc) is 2.36. The van der Waals surface area contributed by atoms with Crippen LogP contribution in [-0.4, -0.2) is 6.10 Å². The Bertz CT molecular complexity index is 617. The van der Waals surface area contributed by atoms with Crippen molar-refractivity contribution < 1.29 is 13.9 Å². The lowest BCUT2D eigenvalue weighted by Gasteiger charge is -2.15. The zero-order chi connectivity index (χ0) is 14.7. The van der Waals surface area contributed by atoms with Crippen LogP contribution < -0.4 is 15.2 Å². The predicted octanol–water partition coefficient (Wildman–Crippen LogP) is 4.75. The molecule has 2 N–H and O–H groups in total. The van der Waals surface area contributed by atoms with Gasteiger partial charge in [-0.1, -0.05) is 6.07 Å². The summed E-state index contributed by atoms with van der Waals surface area (Å²) in [6.07, 6.45) is 0.0186. The molecule has 0 saturated heterocycles. The zero-order valence-corrected chi connectivity index (χ0v) is 12.8. The van der Waals surface area contributed by atoms with Gasteiger partial charge in [0.15, 0.2) is 5.75 Å². The van der Waals surface area contributed by atoms with E-state index in [1.54, 1.807) is 18.2 Å². The van der Waals surface area contributed by atoms with E-state index >= 15 is 0 Å². The Balaban J connectivity index is 2.29. The molecule has 0 unspecified atom stereocenters. The summed E-state index contributed by atoms with van der Waals surface area (Å²) in [6.45, 7) is 3.84. The van der Waals surface area contributed by atoms with Gasteiger partial charge in [0.05, 0.1) is 10.6 Å². The second-order valence-electron chi connectivity index (χ2n) is 4.51. The number of hydrogen-bond donors (Lipinski definition) is 1. The highest BCUT2D eigenvalue weighted by Crippen LogP contribution is 2.37. The fraction of sp³-hybridized carbons (Fsp3) is 0.200. The standard InChI is InChI=1S/C15H15BrFNO2/c1-9(2)19-13-4-3-5-14(15(13)18)20-12-7-6-10(17)8-11(12)16/h3-9H,18H2,1-2H3.